The Labute approximate surface area is 115 Å². The van der Waals surface area contributed by atoms with Gasteiger partial charge < -0.3 is 5.32 Å². The fraction of sp³-hybridized carbons (Fsp3) is 0.583. The van der Waals surface area contributed by atoms with Crippen molar-refractivity contribution in [1.29, 1.82) is 0 Å². The molecule has 0 aromatic carbocycles. The summed E-state index contributed by atoms with van der Waals surface area (Å²) in [7, 11) is -4.29. The van der Waals surface area contributed by atoms with E-state index in [4.69, 9.17) is 0 Å². The molecule has 3 rings (SSSR count). The van der Waals surface area contributed by atoms with Crippen LogP contribution in [-0.2, 0) is 27.8 Å². The number of anilines is 1. The van der Waals surface area contributed by atoms with Crippen LogP contribution in [0.25, 0.3) is 0 Å². The van der Waals surface area contributed by atoms with Crippen molar-refractivity contribution in [3.63, 3.8) is 0 Å². The molecule has 1 saturated carbocycles. The molecule has 0 radical (unpaired) electrons. The monoisotopic (exact) mass is 301 g/mol. The Morgan fingerprint density at radius 2 is 1.95 bits per heavy atom. The highest BCUT2D eigenvalue weighted by Crippen LogP contribution is 2.41. The summed E-state index contributed by atoms with van der Waals surface area (Å²) in [6.45, 7) is 0. The van der Waals surface area contributed by atoms with Gasteiger partial charge in [0.25, 0.3) is 10.1 Å². The first-order valence-corrected chi connectivity index (χ1v) is 8.65. The summed E-state index contributed by atoms with van der Waals surface area (Å²) in [5.74, 6) is -0.128. The lowest BCUT2D eigenvalue weighted by Crippen LogP contribution is -2.15. The van der Waals surface area contributed by atoms with Crippen molar-refractivity contribution in [3.8, 4) is 0 Å². The van der Waals surface area contributed by atoms with Gasteiger partial charge in [-0.25, -0.2) is 0 Å². The van der Waals surface area contributed by atoms with Crippen molar-refractivity contribution in [3.05, 3.63) is 10.4 Å². The number of aryl methyl sites for hydroxylation is 1. The SMILES string of the molecule is O=C(Nc1sc2c(c1S(=O)(=O)O)CCCC2)C1CC1. The summed E-state index contributed by atoms with van der Waals surface area (Å²) < 4.78 is 32.5. The smallest absolute Gasteiger partial charge is 0.297 e. The van der Waals surface area contributed by atoms with Crippen LogP contribution < -0.4 is 5.32 Å². The number of carbonyl (C=O) groups excluding carboxylic acids is 1. The third-order valence-electron chi connectivity index (χ3n) is 3.57. The Hall–Kier alpha value is -0.920. The van der Waals surface area contributed by atoms with Gasteiger partial charge in [-0.3, -0.25) is 9.35 Å². The van der Waals surface area contributed by atoms with E-state index in [0.717, 1.165) is 37.0 Å². The lowest BCUT2D eigenvalue weighted by molar-refractivity contribution is -0.117. The molecule has 2 N–H and O–H groups in total. The van der Waals surface area contributed by atoms with Crippen LogP contribution in [0, 0.1) is 5.92 Å². The van der Waals surface area contributed by atoms with Gasteiger partial charge in [-0.05, 0) is 44.1 Å². The average molecular weight is 301 g/mol. The van der Waals surface area contributed by atoms with Gasteiger partial charge in [0.05, 0.1) is 0 Å². The first kappa shape index (κ1) is 13.1. The van der Waals surface area contributed by atoms with E-state index in [0.29, 0.717) is 17.0 Å². The van der Waals surface area contributed by atoms with Crippen molar-refractivity contribution in [2.24, 2.45) is 5.92 Å². The molecule has 5 nitrogen and oxygen atoms in total. The molecule has 104 valence electrons. The molecule has 2 aliphatic carbocycles. The lowest BCUT2D eigenvalue weighted by atomic mass is 9.99. The van der Waals surface area contributed by atoms with E-state index in [-0.39, 0.29) is 16.7 Å². The molecule has 1 aromatic rings. The molecule has 1 fully saturated rings. The van der Waals surface area contributed by atoms with Gasteiger partial charge in [-0.15, -0.1) is 11.3 Å². The predicted octanol–water partition coefficient (Wildman–Crippen LogP) is 2.22. The molecular formula is C12H15NO4S2. The number of hydrogen-bond donors (Lipinski definition) is 2. The van der Waals surface area contributed by atoms with Crippen LogP contribution >= 0.6 is 11.3 Å². The molecule has 0 atom stereocenters. The van der Waals surface area contributed by atoms with Crippen LogP contribution in [-0.4, -0.2) is 18.9 Å². The highest BCUT2D eigenvalue weighted by Gasteiger charge is 2.33. The molecule has 0 bridgehead atoms. The first-order chi connectivity index (χ1) is 8.97. The second-order valence-corrected chi connectivity index (χ2v) is 7.57. The number of amides is 1. The van der Waals surface area contributed by atoms with E-state index < -0.39 is 10.1 Å². The van der Waals surface area contributed by atoms with E-state index in [1.54, 1.807) is 0 Å². The van der Waals surface area contributed by atoms with E-state index >= 15 is 0 Å². The maximum atomic E-state index is 11.8. The normalized spacial score (nSPS) is 19.0. The van der Waals surface area contributed by atoms with Crippen LogP contribution in [0.5, 0.6) is 0 Å². The summed E-state index contributed by atoms with van der Waals surface area (Å²) in [6, 6.07) is 0. The van der Waals surface area contributed by atoms with Crippen LogP contribution in [0.15, 0.2) is 4.90 Å². The van der Waals surface area contributed by atoms with Crippen molar-refractivity contribution < 1.29 is 17.8 Å². The van der Waals surface area contributed by atoms with Gasteiger partial charge in [0.2, 0.25) is 5.91 Å². The number of nitrogens with one attached hydrogen (secondary N) is 1. The number of carbonyl (C=O) groups is 1. The molecule has 1 aromatic heterocycles. The summed E-state index contributed by atoms with van der Waals surface area (Å²) in [6.07, 6.45) is 5.13. The third kappa shape index (κ3) is 2.54. The predicted molar refractivity (Wildman–Crippen MR) is 72.1 cm³/mol. The fourth-order valence-electron chi connectivity index (χ4n) is 2.45. The van der Waals surface area contributed by atoms with Gasteiger partial charge in [0.15, 0.2) is 0 Å². The van der Waals surface area contributed by atoms with Gasteiger partial charge in [-0.2, -0.15) is 8.42 Å². The van der Waals surface area contributed by atoms with Gasteiger partial charge in [0.1, 0.15) is 9.90 Å². The molecule has 0 unspecified atom stereocenters. The van der Waals surface area contributed by atoms with Crippen LogP contribution in [0.2, 0.25) is 0 Å². The van der Waals surface area contributed by atoms with Crippen LogP contribution in [0.3, 0.4) is 0 Å². The van der Waals surface area contributed by atoms with Crippen molar-refractivity contribution in [2.45, 2.75) is 43.4 Å². The van der Waals surface area contributed by atoms with Gasteiger partial charge in [-0.1, -0.05) is 0 Å². The highest BCUT2D eigenvalue weighted by atomic mass is 32.2. The maximum Gasteiger partial charge on any atom is 0.297 e. The molecule has 1 heterocycles. The van der Waals surface area contributed by atoms with Crippen molar-refractivity contribution in [2.75, 3.05) is 5.32 Å². The van der Waals surface area contributed by atoms with Crippen molar-refractivity contribution >= 4 is 32.4 Å². The van der Waals surface area contributed by atoms with Gasteiger partial charge >= 0.3 is 0 Å². The van der Waals surface area contributed by atoms with E-state index in [9.17, 15) is 17.8 Å². The quantitative estimate of drug-likeness (QED) is 0.839. The van der Waals surface area contributed by atoms with E-state index in [1.807, 2.05) is 0 Å². The minimum atomic E-state index is -4.29. The van der Waals surface area contributed by atoms with E-state index in [1.165, 1.54) is 11.3 Å². The Morgan fingerprint density at radius 3 is 2.58 bits per heavy atom. The van der Waals surface area contributed by atoms with Crippen LogP contribution in [0.1, 0.15) is 36.1 Å². The molecule has 2 aliphatic rings. The summed E-state index contributed by atoms with van der Waals surface area (Å²) in [4.78, 5) is 12.7. The molecule has 0 spiro atoms. The third-order valence-corrected chi connectivity index (χ3v) is 5.87. The maximum absolute atomic E-state index is 11.8. The second kappa shape index (κ2) is 4.57. The largest absolute Gasteiger partial charge is 0.316 e. The Bertz CT molecular complexity index is 628. The summed E-state index contributed by atoms with van der Waals surface area (Å²) in [5, 5.41) is 2.97. The van der Waals surface area contributed by atoms with Crippen molar-refractivity contribution in [1.82, 2.24) is 0 Å². The Kier molecular flexibility index (Phi) is 3.15. The highest BCUT2D eigenvalue weighted by molar-refractivity contribution is 7.86. The zero-order chi connectivity index (χ0) is 13.6. The minimum absolute atomic E-state index is 0.00775. The molecule has 0 saturated heterocycles. The number of thiophene rings is 1. The summed E-state index contributed by atoms with van der Waals surface area (Å²) >= 11 is 1.29. The second-order valence-electron chi connectivity index (χ2n) is 5.11. The topological polar surface area (TPSA) is 83.5 Å². The van der Waals surface area contributed by atoms with Crippen LogP contribution in [0.4, 0.5) is 5.00 Å². The number of rotatable bonds is 3. The zero-order valence-electron chi connectivity index (χ0n) is 10.3. The standard InChI is InChI=1S/C12H15NO4S2/c14-11(7-5-6-7)13-12-10(19(15,16)17)8-3-1-2-4-9(8)18-12/h7H,1-6H2,(H,13,14)(H,15,16,17). The minimum Gasteiger partial charge on any atom is -0.316 e. The summed E-state index contributed by atoms with van der Waals surface area (Å²) in [5.41, 5.74) is 0.699. The average Bonchev–Trinajstić information content (AvgIpc) is 3.09. The Morgan fingerprint density at radius 1 is 1.26 bits per heavy atom. The number of fused-ring (bicyclic) bond motifs is 1. The Balaban J connectivity index is 2.02. The zero-order valence-corrected chi connectivity index (χ0v) is 11.9. The molecule has 19 heavy (non-hydrogen) atoms. The fourth-order valence-corrected chi connectivity index (χ4v) is 4.97. The lowest BCUT2D eigenvalue weighted by Gasteiger charge is -2.11. The molecule has 1 amide bonds. The van der Waals surface area contributed by atoms with E-state index in [2.05, 4.69) is 5.32 Å². The molecule has 7 heteroatoms. The molecular weight excluding hydrogens is 286 g/mol. The number of hydrogen-bond acceptors (Lipinski definition) is 4. The molecule has 0 aliphatic heterocycles. The first-order valence-electron chi connectivity index (χ1n) is 6.39. The van der Waals surface area contributed by atoms with Gasteiger partial charge in [0, 0.05) is 10.8 Å².